The Morgan fingerprint density at radius 3 is 2.39 bits per heavy atom. The minimum Gasteiger partial charge on any atom is -0.362 e. The molecule has 1 aromatic heterocycles. The molecule has 2 aromatic carbocycles. The van der Waals surface area contributed by atoms with Crippen LogP contribution in [-0.2, 0) is 11.2 Å². The van der Waals surface area contributed by atoms with Crippen LogP contribution in [0.5, 0.6) is 0 Å². The number of rotatable bonds is 6. The van der Waals surface area contributed by atoms with Crippen LogP contribution in [-0.4, -0.2) is 42.1 Å². The molecule has 0 unspecified atom stereocenters. The van der Waals surface area contributed by atoms with Crippen LogP contribution in [0.3, 0.4) is 0 Å². The first-order valence-corrected chi connectivity index (χ1v) is 10.7. The Morgan fingerprint density at radius 2 is 1.68 bits per heavy atom. The summed E-state index contributed by atoms with van der Waals surface area (Å²) in [4.78, 5) is 23.7. The molecule has 7 heteroatoms. The van der Waals surface area contributed by atoms with Crippen LogP contribution in [0.2, 0.25) is 0 Å². The van der Waals surface area contributed by atoms with Gasteiger partial charge in [-0.1, -0.05) is 24.3 Å². The van der Waals surface area contributed by atoms with Crippen LogP contribution >= 0.6 is 0 Å². The van der Waals surface area contributed by atoms with Crippen LogP contribution in [0, 0.1) is 5.82 Å². The molecular weight excluding hydrogens is 393 g/mol. The van der Waals surface area contributed by atoms with Crippen LogP contribution in [0.15, 0.2) is 48.5 Å². The number of carbonyl (C=O) groups is 1. The molecule has 31 heavy (non-hydrogen) atoms. The number of nitrogens with one attached hydrogen (secondary N) is 2. The van der Waals surface area contributed by atoms with Crippen molar-refractivity contribution in [3.8, 4) is 0 Å². The maximum atomic E-state index is 13.0. The van der Waals surface area contributed by atoms with E-state index in [0.29, 0.717) is 5.95 Å². The fourth-order valence-electron chi connectivity index (χ4n) is 4.10. The predicted octanol–water partition coefficient (Wildman–Crippen LogP) is 3.92. The van der Waals surface area contributed by atoms with Gasteiger partial charge < -0.3 is 15.5 Å². The molecule has 4 rings (SSSR count). The van der Waals surface area contributed by atoms with Crippen molar-refractivity contribution in [3.05, 3.63) is 59.9 Å². The zero-order valence-corrected chi connectivity index (χ0v) is 17.9. The van der Waals surface area contributed by atoms with E-state index in [2.05, 4.69) is 15.6 Å². The third-order valence-electron chi connectivity index (χ3n) is 5.71. The van der Waals surface area contributed by atoms with Crippen molar-refractivity contribution < 1.29 is 9.18 Å². The first kappa shape index (κ1) is 21.0. The summed E-state index contributed by atoms with van der Waals surface area (Å²) in [7, 11) is 3.97. The Hall–Kier alpha value is -3.22. The van der Waals surface area contributed by atoms with Crippen molar-refractivity contribution in [3.63, 3.8) is 0 Å². The Morgan fingerprint density at radius 1 is 1.00 bits per heavy atom. The van der Waals surface area contributed by atoms with E-state index >= 15 is 0 Å². The number of para-hydroxylation sites is 1. The van der Waals surface area contributed by atoms with Gasteiger partial charge in [0, 0.05) is 31.6 Å². The molecule has 2 N–H and O–H groups in total. The third kappa shape index (κ3) is 5.29. The number of fused-ring (bicyclic) bond motifs is 1. The first-order valence-electron chi connectivity index (χ1n) is 10.7. The molecule has 0 radical (unpaired) electrons. The highest BCUT2D eigenvalue weighted by Crippen LogP contribution is 2.26. The van der Waals surface area contributed by atoms with E-state index in [4.69, 9.17) is 4.98 Å². The molecule has 162 valence electrons. The Balaban J connectivity index is 1.32. The van der Waals surface area contributed by atoms with E-state index in [1.807, 2.05) is 43.3 Å². The minimum absolute atomic E-state index is 0.0171. The lowest BCUT2D eigenvalue weighted by Gasteiger charge is -2.30. The van der Waals surface area contributed by atoms with E-state index in [-0.39, 0.29) is 30.2 Å². The average molecular weight is 422 g/mol. The normalized spacial score (nSPS) is 18.5. The highest BCUT2D eigenvalue weighted by Gasteiger charge is 2.23. The Labute approximate surface area is 181 Å². The molecule has 0 atom stereocenters. The largest absolute Gasteiger partial charge is 0.362 e. The number of hydrogen-bond donors (Lipinski definition) is 2. The molecule has 1 heterocycles. The molecule has 0 bridgehead atoms. The van der Waals surface area contributed by atoms with Crippen molar-refractivity contribution in [1.82, 2.24) is 15.3 Å². The number of amides is 1. The van der Waals surface area contributed by atoms with Gasteiger partial charge in [-0.25, -0.2) is 9.37 Å². The summed E-state index contributed by atoms with van der Waals surface area (Å²) in [5.41, 5.74) is 1.74. The molecule has 3 aromatic rings. The van der Waals surface area contributed by atoms with Gasteiger partial charge in [-0.05, 0) is 55.5 Å². The third-order valence-corrected chi connectivity index (χ3v) is 5.71. The molecule has 1 saturated carbocycles. The zero-order valence-electron chi connectivity index (χ0n) is 17.9. The summed E-state index contributed by atoms with van der Waals surface area (Å²) in [5.74, 6) is 1.24. The predicted molar refractivity (Wildman–Crippen MR) is 122 cm³/mol. The van der Waals surface area contributed by atoms with Crippen molar-refractivity contribution in [2.75, 3.05) is 24.3 Å². The lowest BCUT2D eigenvalue weighted by atomic mass is 9.91. The van der Waals surface area contributed by atoms with Crippen LogP contribution in [0.4, 0.5) is 16.2 Å². The molecule has 1 aliphatic rings. The zero-order chi connectivity index (χ0) is 21.8. The van der Waals surface area contributed by atoms with E-state index in [1.54, 1.807) is 12.1 Å². The lowest BCUT2D eigenvalue weighted by Crippen LogP contribution is -2.40. The topological polar surface area (TPSA) is 70.2 Å². The number of aromatic nitrogens is 2. The van der Waals surface area contributed by atoms with Gasteiger partial charge in [0.1, 0.15) is 11.6 Å². The summed E-state index contributed by atoms with van der Waals surface area (Å²) in [6, 6.07) is 14.5. The van der Waals surface area contributed by atoms with Crippen molar-refractivity contribution in [2.24, 2.45) is 0 Å². The maximum Gasteiger partial charge on any atom is 0.225 e. The SMILES string of the molecule is CN(C)c1nc(NC2CCC(NC(=O)Cc3ccc(F)cc3)CC2)nc2ccccc12. The number of nitrogens with zero attached hydrogens (tertiary/aromatic N) is 3. The molecule has 0 spiro atoms. The standard InChI is InChI=1S/C24H28FN5O/c1-30(2)23-20-5-3-4-6-21(20)28-24(29-23)27-19-13-11-18(12-14-19)26-22(31)15-16-7-9-17(25)10-8-16/h3-10,18-19H,11-15H2,1-2H3,(H,26,31)(H,27,28,29). The van der Waals surface area contributed by atoms with Gasteiger partial charge in [-0.15, -0.1) is 0 Å². The van der Waals surface area contributed by atoms with Crippen LogP contribution in [0.1, 0.15) is 31.2 Å². The monoisotopic (exact) mass is 421 g/mol. The Kier molecular flexibility index (Phi) is 6.30. The van der Waals surface area contributed by atoms with Gasteiger partial charge in [0.25, 0.3) is 0 Å². The number of carbonyl (C=O) groups excluding carboxylic acids is 1. The first-order chi connectivity index (χ1) is 15.0. The second kappa shape index (κ2) is 9.29. The molecule has 1 amide bonds. The highest BCUT2D eigenvalue weighted by atomic mass is 19.1. The quantitative estimate of drug-likeness (QED) is 0.631. The molecular formula is C24H28FN5O. The maximum absolute atomic E-state index is 13.0. The van der Waals surface area contributed by atoms with Gasteiger partial charge in [-0.3, -0.25) is 4.79 Å². The molecule has 0 saturated heterocycles. The van der Waals surface area contributed by atoms with Gasteiger partial charge in [-0.2, -0.15) is 4.98 Å². The number of halogens is 1. The van der Waals surface area contributed by atoms with E-state index in [1.165, 1.54) is 12.1 Å². The summed E-state index contributed by atoms with van der Waals surface area (Å²) in [6.07, 6.45) is 3.96. The van der Waals surface area contributed by atoms with Crippen LogP contribution < -0.4 is 15.5 Å². The molecule has 1 fully saturated rings. The van der Waals surface area contributed by atoms with Gasteiger partial charge in [0.15, 0.2) is 0 Å². The van der Waals surface area contributed by atoms with E-state index in [9.17, 15) is 9.18 Å². The number of anilines is 2. The average Bonchev–Trinajstić information content (AvgIpc) is 2.76. The summed E-state index contributed by atoms with van der Waals surface area (Å²) in [5, 5.41) is 7.64. The summed E-state index contributed by atoms with van der Waals surface area (Å²) < 4.78 is 13.0. The molecule has 0 aliphatic heterocycles. The second-order valence-corrected chi connectivity index (χ2v) is 8.35. The fraction of sp³-hybridized carbons (Fsp3) is 0.375. The van der Waals surface area contributed by atoms with Crippen LogP contribution in [0.25, 0.3) is 10.9 Å². The van der Waals surface area contributed by atoms with Gasteiger partial charge in [0.2, 0.25) is 11.9 Å². The molecule has 6 nitrogen and oxygen atoms in total. The van der Waals surface area contributed by atoms with Gasteiger partial charge in [0.05, 0.1) is 11.9 Å². The van der Waals surface area contributed by atoms with Crippen molar-refractivity contribution in [1.29, 1.82) is 0 Å². The summed E-state index contributed by atoms with van der Waals surface area (Å²) >= 11 is 0. The minimum atomic E-state index is -0.289. The summed E-state index contributed by atoms with van der Waals surface area (Å²) in [6.45, 7) is 0. The fourth-order valence-corrected chi connectivity index (χ4v) is 4.10. The highest BCUT2D eigenvalue weighted by molar-refractivity contribution is 5.90. The Bertz CT molecular complexity index is 1050. The van der Waals surface area contributed by atoms with Crippen molar-refractivity contribution in [2.45, 2.75) is 44.2 Å². The smallest absolute Gasteiger partial charge is 0.225 e. The number of hydrogen-bond acceptors (Lipinski definition) is 5. The van der Waals surface area contributed by atoms with E-state index < -0.39 is 0 Å². The number of benzene rings is 2. The van der Waals surface area contributed by atoms with E-state index in [0.717, 1.165) is 48.0 Å². The second-order valence-electron chi connectivity index (χ2n) is 8.35. The van der Waals surface area contributed by atoms with Gasteiger partial charge >= 0.3 is 0 Å². The van der Waals surface area contributed by atoms with Crippen molar-refractivity contribution >= 4 is 28.6 Å². The lowest BCUT2D eigenvalue weighted by molar-refractivity contribution is -0.121. The molecule has 1 aliphatic carbocycles.